The highest BCUT2D eigenvalue weighted by Crippen LogP contribution is 2.21. The van der Waals surface area contributed by atoms with Crippen LogP contribution in [0.3, 0.4) is 0 Å². The number of ketones is 1. The smallest absolute Gasteiger partial charge is 0.321 e. The highest BCUT2D eigenvalue weighted by Gasteiger charge is 2.30. The summed E-state index contributed by atoms with van der Waals surface area (Å²) in [5.74, 6) is -2.08. The topological polar surface area (TPSA) is 135 Å². The molecule has 7 heteroatoms. The Kier molecular flexibility index (Phi) is 4.36. The molecule has 0 bridgehead atoms. The van der Waals surface area contributed by atoms with Crippen molar-refractivity contribution < 1.29 is 14.7 Å². The van der Waals surface area contributed by atoms with Gasteiger partial charge in [-0.15, -0.1) is 0 Å². The van der Waals surface area contributed by atoms with Gasteiger partial charge in [-0.3, -0.25) is 9.59 Å². The number of imidazole rings is 1. The first-order chi connectivity index (χ1) is 7.93. The predicted octanol–water partition coefficient (Wildman–Crippen LogP) is -0.788. The molecule has 6 N–H and O–H groups in total. The number of hydrogen-bond donors (Lipinski definition) is 4. The summed E-state index contributed by atoms with van der Waals surface area (Å²) in [7, 11) is 0. The van der Waals surface area contributed by atoms with Gasteiger partial charge >= 0.3 is 5.97 Å². The minimum Gasteiger partial charge on any atom is -0.480 e. The summed E-state index contributed by atoms with van der Waals surface area (Å²) in [5.41, 5.74) is 11.5. The number of aromatic amines is 1. The van der Waals surface area contributed by atoms with Gasteiger partial charge < -0.3 is 21.6 Å². The van der Waals surface area contributed by atoms with E-state index in [4.69, 9.17) is 16.6 Å². The summed E-state index contributed by atoms with van der Waals surface area (Å²) in [6, 6.07) is -1.82. The average Bonchev–Trinajstić information content (AvgIpc) is 2.77. The Morgan fingerprint density at radius 3 is 2.59 bits per heavy atom. The third-order valence-electron chi connectivity index (χ3n) is 2.55. The molecular weight excluding hydrogens is 224 g/mol. The molecule has 2 unspecified atom stereocenters. The van der Waals surface area contributed by atoms with Gasteiger partial charge in [-0.2, -0.15) is 0 Å². The summed E-state index contributed by atoms with van der Waals surface area (Å²) in [6.07, 6.45) is 2.91. The Balaban J connectivity index is 2.88. The Morgan fingerprint density at radius 1 is 1.53 bits per heavy atom. The molecule has 94 valence electrons. The van der Waals surface area contributed by atoms with Crippen molar-refractivity contribution in [3.05, 3.63) is 18.2 Å². The van der Waals surface area contributed by atoms with Crippen molar-refractivity contribution in [3.63, 3.8) is 0 Å². The van der Waals surface area contributed by atoms with Gasteiger partial charge in [0.25, 0.3) is 0 Å². The first kappa shape index (κ1) is 13.3. The second kappa shape index (κ2) is 5.55. The second-order valence-corrected chi connectivity index (χ2v) is 3.92. The monoisotopic (exact) mass is 240 g/mol. The summed E-state index contributed by atoms with van der Waals surface area (Å²) in [6.45, 7) is 1.55. The number of nitrogens with zero attached hydrogens (tertiary/aromatic N) is 1. The van der Waals surface area contributed by atoms with Crippen molar-refractivity contribution in [3.8, 4) is 0 Å². The lowest BCUT2D eigenvalue weighted by Gasteiger charge is -2.19. The Labute approximate surface area is 98.2 Å². The number of carboxylic acids is 1. The van der Waals surface area contributed by atoms with Gasteiger partial charge in [-0.05, 0) is 6.92 Å². The van der Waals surface area contributed by atoms with Crippen LogP contribution in [0, 0.1) is 0 Å². The number of carbonyl (C=O) groups is 2. The summed E-state index contributed by atoms with van der Waals surface area (Å²) >= 11 is 0. The normalized spacial score (nSPS) is 16.2. The van der Waals surface area contributed by atoms with Crippen molar-refractivity contribution in [2.24, 2.45) is 11.5 Å². The molecule has 0 radical (unpaired) electrons. The molecule has 0 saturated carbocycles. The van der Waals surface area contributed by atoms with E-state index in [1.165, 1.54) is 12.5 Å². The molecule has 0 spiro atoms. The van der Waals surface area contributed by atoms with E-state index < -0.39 is 24.0 Å². The summed E-state index contributed by atoms with van der Waals surface area (Å²) in [5, 5.41) is 8.90. The van der Waals surface area contributed by atoms with Gasteiger partial charge in [0.15, 0.2) is 0 Å². The average molecular weight is 240 g/mol. The number of Topliss-reactive ketones (excluding diaryl/α,β-unsaturated/α-hetero) is 1. The van der Waals surface area contributed by atoms with Crippen LogP contribution in [0.25, 0.3) is 0 Å². The quantitative estimate of drug-likeness (QED) is 0.514. The molecule has 1 aromatic rings. The van der Waals surface area contributed by atoms with E-state index in [2.05, 4.69) is 9.97 Å². The number of aliphatic carboxylic acids is 1. The van der Waals surface area contributed by atoms with E-state index in [-0.39, 0.29) is 12.2 Å². The summed E-state index contributed by atoms with van der Waals surface area (Å²) in [4.78, 5) is 29.1. The third-order valence-corrected chi connectivity index (χ3v) is 2.55. The molecule has 17 heavy (non-hydrogen) atoms. The Bertz CT molecular complexity index is 388. The molecular formula is C10H16N4O3. The number of H-pyrrole nitrogens is 1. The van der Waals surface area contributed by atoms with Crippen LogP contribution >= 0.6 is 0 Å². The van der Waals surface area contributed by atoms with Crippen LogP contribution in [-0.2, 0) is 9.59 Å². The van der Waals surface area contributed by atoms with E-state index in [0.717, 1.165) is 0 Å². The minimum atomic E-state index is -1.18. The SMILES string of the molecule is CC(N)C(=O)CC(c1c[nH]cn1)[C@H](N)C(=O)O. The minimum absolute atomic E-state index is 0.0318. The lowest BCUT2D eigenvalue weighted by molar-refractivity contribution is -0.139. The number of aromatic nitrogens is 2. The van der Waals surface area contributed by atoms with E-state index >= 15 is 0 Å². The maximum Gasteiger partial charge on any atom is 0.321 e. The van der Waals surface area contributed by atoms with Gasteiger partial charge in [0.05, 0.1) is 18.1 Å². The maximum absolute atomic E-state index is 11.6. The Hall–Kier alpha value is -1.73. The number of hydrogen-bond acceptors (Lipinski definition) is 5. The highest BCUT2D eigenvalue weighted by atomic mass is 16.4. The molecule has 0 aliphatic rings. The Morgan fingerprint density at radius 2 is 2.18 bits per heavy atom. The molecule has 1 rings (SSSR count). The van der Waals surface area contributed by atoms with Crippen molar-refractivity contribution in [1.29, 1.82) is 0 Å². The number of nitrogens with one attached hydrogen (secondary N) is 1. The summed E-state index contributed by atoms with van der Waals surface area (Å²) < 4.78 is 0. The van der Waals surface area contributed by atoms with E-state index in [1.54, 1.807) is 6.92 Å². The van der Waals surface area contributed by atoms with Gasteiger partial charge in [0, 0.05) is 18.5 Å². The zero-order valence-electron chi connectivity index (χ0n) is 9.46. The van der Waals surface area contributed by atoms with Gasteiger partial charge in [-0.25, -0.2) is 4.98 Å². The van der Waals surface area contributed by atoms with Crippen molar-refractivity contribution in [2.45, 2.75) is 31.3 Å². The zero-order chi connectivity index (χ0) is 13.0. The molecule has 7 nitrogen and oxygen atoms in total. The van der Waals surface area contributed by atoms with E-state index in [9.17, 15) is 9.59 Å². The van der Waals surface area contributed by atoms with E-state index in [0.29, 0.717) is 5.69 Å². The molecule has 0 aliphatic heterocycles. The largest absolute Gasteiger partial charge is 0.480 e. The van der Waals surface area contributed by atoms with Crippen molar-refractivity contribution in [2.75, 3.05) is 0 Å². The number of carboxylic acid groups (broad SMARTS) is 1. The van der Waals surface area contributed by atoms with Crippen LogP contribution in [0.2, 0.25) is 0 Å². The zero-order valence-corrected chi connectivity index (χ0v) is 9.46. The molecule has 0 aliphatic carbocycles. The van der Waals surface area contributed by atoms with Crippen molar-refractivity contribution >= 4 is 11.8 Å². The number of rotatable bonds is 6. The standard InChI is InChI=1S/C10H16N4O3/c1-5(11)8(15)2-6(9(12)10(16)17)7-3-13-4-14-7/h3-6,9H,2,11-12H2,1H3,(H,13,14)(H,16,17)/t5?,6?,9-/m0/s1. The number of carbonyl (C=O) groups excluding carboxylic acids is 1. The van der Waals surface area contributed by atoms with Crippen LogP contribution in [0.15, 0.2) is 12.5 Å². The van der Waals surface area contributed by atoms with Crippen LogP contribution in [0.4, 0.5) is 0 Å². The number of nitrogens with two attached hydrogens (primary N) is 2. The first-order valence-electron chi connectivity index (χ1n) is 5.18. The van der Waals surface area contributed by atoms with Crippen LogP contribution in [0.5, 0.6) is 0 Å². The highest BCUT2D eigenvalue weighted by molar-refractivity contribution is 5.85. The molecule has 0 amide bonds. The lowest BCUT2D eigenvalue weighted by atomic mass is 9.90. The fourth-order valence-electron chi connectivity index (χ4n) is 1.46. The first-order valence-corrected chi connectivity index (χ1v) is 5.18. The van der Waals surface area contributed by atoms with Gasteiger partial charge in [0.2, 0.25) is 0 Å². The van der Waals surface area contributed by atoms with Crippen LogP contribution in [0.1, 0.15) is 25.0 Å². The maximum atomic E-state index is 11.6. The fourth-order valence-corrected chi connectivity index (χ4v) is 1.46. The van der Waals surface area contributed by atoms with Gasteiger partial charge in [-0.1, -0.05) is 0 Å². The molecule has 0 saturated heterocycles. The van der Waals surface area contributed by atoms with Crippen LogP contribution < -0.4 is 11.5 Å². The molecule has 1 aromatic heterocycles. The molecule has 3 atom stereocenters. The lowest BCUT2D eigenvalue weighted by Crippen LogP contribution is -2.39. The molecule has 1 heterocycles. The van der Waals surface area contributed by atoms with Crippen LogP contribution in [-0.4, -0.2) is 38.9 Å². The third kappa shape index (κ3) is 3.36. The molecule has 0 fully saturated rings. The predicted molar refractivity (Wildman–Crippen MR) is 60.2 cm³/mol. The van der Waals surface area contributed by atoms with Gasteiger partial charge in [0.1, 0.15) is 11.8 Å². The fraction of sp³-hybridized carbons (Fsp3) is 0.500. The van der Waals surface area contributed by atoms with Crippen molar-refractivity contribution in [1.82, 2.24) is 9.97 Å². The van der Waals surface area contributed by atoms with E-state index in [1.807, 2.05) is 0 Å². The second-order valence-electron chi connectivity index (χ2n) is 3.92. The molecule has 0 aromatic carbocycles.